The topological polar surface area (TPSA) is 122 Å². The molecule has 1 aromatic carbocycles. The maximum Gasteiger partial charge on any atom is 0.322 e. The summed E-state index contributed by atoms with van der Waals surface area (Å²) in [6.45, 7) is 0.990. The number of hydrogen-bond donors (Lipinski definition) is 3. The van der Waals surface area contributed by atoms with Crippen molar-refractivity contribution in [2.75, 3.05) is 18.4 Å². The molecule has 0 atom stereocenters. The first-order chi connectivity index (χ1) is 8.90. The number of carbonyl (C=O) groups excluding carboxylic acids is 1. The van der Waals surface area contributed by atoms with Gasteiger partial charge >= 0.3 is 5.97 Å². The van der Waals surface area contributed by atoms with Crippen molar-refractivity contribution in [2.45, 2.75) is 6.92 Å². The van der Waals surface area contributed by atoms with Crippen LogP contribution in [0.25, 0.3) is 0 Å². The molecule has 0 radical (unpaired) electrons. The predicted molar refractivity (Wildman–Crippen MR) is 67.0 cm³/mol. The number of carboxylic acid groups (broad SMARTS) is 1. The molecule has 0 fully saturated rings. The number of carbonyl (C=O) groups is 2. The Balaban J connectivity index is 2.58. The fourth-order valence-corrected chi connectivity index (χ4v) is 1.34. The Bertz CT molecular complexity index is 515. The first-order valence-electron chi connectivity index (χ1n) is 5.37. The second kappa shape index (κ2) is 6.34. The van der Waals surface area contributed by atoms with Crippen LogP contribution in [0.1, 0.15) is 5.56 Å². The second-order valence-corrected chi connectivity index (χ2v) is 3.78. The highest BCUT2D eigenvalue weighted by Crippen LogP contribution is 2.21. The number of anilines is 1. The molecule has 8 heteroatoms. The van der Waals surface area contributed by atoms with Gasteiger partial charge in [0.25, 0.3) is 5.69 Å². The van der Waals surface area contributed by atoms with Gasteiger partial charge in [0.15, 0.2) is 0 Å². The first-order valence-corrected chi connectivity index (χ1v) is 5.37. The SMILES string of the molecule is Cc1ccc(NCC(=O)NCC(=O)O)cc1[N+](=O)[O-]. The molecule has 1 rings (SSSR count). The largest absolute Gasteiger partial charge is 0.480 e. The van der Waals surface area contributed by atoms with Crippen molar-refractivity contribution in [2.24, 2.45) is 0 Å². The van der Waals surface area contributed by atoms with Gasteiger partial charge in [0.2, 0.25) is 5.91 Å². The zero-order valence-corrected chi connectivity index (χ0v) is 10.2. The summed E-state index contributed by atoms with van der Waals surface area (Å²) >= 11 is 0. The van der Waals surface area contributed by atoms with E-state index in [0.29, 0.717) is 11.3 Å². The summed E-state index contributed by atoms with van der Waals surface area (Å²) in [7, 11) is 0. The van der Waals surface area contributed by atoms with Crippen LogP contribution in [0.3, 0.4) is 0 Å². The minimum Gasteiger partial charge on any atom is -0.480 e. The number of rotatable bonds is 6. The van der Waals surface area contributed by atoms with E-state index in [4.69, 9.17) is 5.11 Å². The van der Waals surface area contributed by atoms with E-state index >= 15 is 0 Å². The predicted octanol–water partition coefficient (Wildman–Crippen LogP) is 0.516. The molecule has 0 aliphatic rings. The van der Waals surface area contributed by atoms with Crippen LogP contribution in [0.2, 0.25) is 0 Å². The van der Waals surface area contributed by atoms with Gasteiger partial charge in [-0.25, -0.2) is 0 Å². The number of hydrogen-bond acceptors (Lipinski definition) is 5. The van der Waals surface area contributed by atoms with E-state index < -0.39 is 23.3 Å². The second-order valence-electron chi connectivity index (χ2n) is 3.78. The number of aryl methyl sites for hydroxylation is 1. The molecular formula is C11H13N3O5. The van der Waals surface area contributed by atoms with Crippen LogP contribution in [0.5, 0.6) is 0 Å². The monoisotopic (exact) mass is 267 g/mol. The first kappa shape index (κ1) is 14.4. The van der Waals surface area contributed by atoms with Gasteiger partial charge in [-0.15, -0.1) is 0 Å². The molecule has 19 heavy (non-hydrogen) atoms. The average Bonchev–Trinajstić information content (AvgIpc) is 2.35. The lowest BCUT2D eigenvalue weighted by molar-refractivity contribution is -0.385. The highest BCUT2D eigenvalue weighted by Gasteiger charge is 2.11. The molecule has 3 N–H and O–H groups in total. The Hall–Kier alpha value is -2.64. The summed E-state index contributed by atoms with van der Waals surface area (Å²) in [5.41, 5.74) is 0.893. The van der Waals surface area contributed by atoms with E-state index in [0.717, 1.165) is 0 Å². The Kier molecular flexibility index (Phi) is 4.81. The number of nitro benzene ring substituents is 1. The number of amides is 1. The van der Waals surface area contributed by atoms with Crippen LogP contribution in [-0.2, 0) is 9.59 Å². The van der Waals surface area contributed by atoms with Crippen molar-refractivity contribution in [3.05, 3.63) is 33.9 Å². The average molecular weight is 267 g/mol. The van der Waals surface area contributed by atoms with Gasteiger partial charge in [0.1, 0.15) is 6.54 Å². The smallest absolute Gasteiger partial charge is 0.322 e. The number of nitrogens with one attached hydrogen (secondary N) is 2. The molecule has 0 saturated heterocycles. The number of nitro groups is 1. The number of benzene rings is 1. The van der Waals surface area contributed by atoms with Crippen LogP contribution < -0.4 is 10.6 Å². The molecule has 0 heterocycles. The lowest BCUT2D eigenvalue weighted by Crippen LogP contribution is -2.33. The molecule has 0 aliphatic carbocycles. The molecule has 102 valence electrons. The third-order valence-corrected chi connectivity index (χ3v) is 2.30. The summed E-state index contributed by atoms with van der Waals surface area (Å²) in [5.74, 6) is -1.65. The molecule has 0 saturated carbocycles. The maximum atomic E-state index is 11.2. The van der Waals surface area contributed by atoms with E-state index in [1.54, 1.807) is 19.1 Å². The Morgan fingerprint density at radius 3 is 2.63 bits per heavy atom. The molecule has 8 nitrogen and oxygen atoms in total. The standard InChI is InChI=1S/C11H13N3O5/c1-7-2-3-8(4-9(7)14(18)19)12-5-10(15)13-6-11(16)17/h2-4,12H,5-6H2,1H3,(H,13,15)(H,16,17). The van der Waals surface area contributed by atoms with Crippen molar-refractivity contribution in [1.82, 2.24) is 5.32 Å². The Labute approximate surface area is 108 Å². The van der Waals surface area contributed by atoms with Gasteiger partial charge < -0.3 is 15.7 Å². The van der Waals surface area contributed by atoms with Gasteiger partial charge in [-0.1, -0.05) is 6.07 Å². The molecule has 0 bridgehead atoms. The van der Waals surface area contributed by atoms with Gasteiger partial charge in [0, 0.05) is 17.3 Å². The highest BCUT2D eigenvalue weighted by atomic mass is 16.6. The Morgan fingerprint density at radius 1 is 1.37 bits per heavy atom. The van der Waals surface area contributed by atoms with Gasteiger partial charge in [0.05, 0.1) is 11.5 Å². The van der Waals surface area contributed by atoms with Gasteiger partial charge in [-0.05, 0) is 13.0 Å². The van der Waals surface area contributed by atoms with Crippen LogP contribution in [0.4, 0.5) is 11.4 Å². The molecule has 0 spiro atoms. The van der Waals surface area contributed by atoms with E-state index in [-0.39, 0.29) is 12.2 Å². The quantitative estimate of drug-likeness (QED) is 0.510. The van der Waals surface area contributed by atoms with Gasteiger partial charge in [-0.3, -0.25) is 19.7 Å². The normalized spacial score (nSPS) is 9.74. The minimum atomic E-state index is -1.14. The zero-order chi connectivity index (χ0) is 14.4. The summed E-state index contributed by atoms with van der Waals surface area (Å²) in [6.07, 6.45) is 0. The van der Waals surface area contributed by atoms with E-state index in [9.17, 15) is 19.7 Å². The van der Waals surface area contributed by atoms with Crippen LogP contribution in [0, 0.1) is 17.0 Å². The lowest BCUT2D eigenvalue weighted by atomic mass is 10.2. The summed E-state index contributed by atoms with van der Waals surface area (Å²) in [5, 5.41) is 23.9. The Morgan fingerprint density at radius 2 is 2.05 bits per heavy atom. The third kappa shape index (κ3) is 4.62. The van der Waals surface area contributed by atoms with E-state index in [2.05, 4.69) is 10.6 Å². The fraction of sp³-hybridized carbons (Fsp3) is 0.273. The van der Waals surface area contributed by atoms with Crippen molar-refractivity contribution >= 4 is 23.3 Å². The number of carboxylic acids is 1. The molecule has 1 amide bonds. The number of nitrogens with zero attached hydrogens (tertiary/aromatic N) is 1. The highest BCUT2D eigenvalue weighted by molar-refractivity contribution is 5.84. The third-order valence-electron chi connectivity index (χ3n) is 2.30. The minimum absolute atomic E-state index is 0.0454. The summed E-state index contributed by atoms with van der Waals surface area (Å²) in [4.78, 5) is 31.7. The summed E-state index contributed by atoms with van der Waals surface area (Å²) in [6, 6.07) is 4.49. The van der Waals surface area contributed by atoms with Crippen molar-refractivity contribution in [3.63, 3.8) is 0 Å². The molecular weight excluding hydrogens is 254 g/mol. The molecule has 0 aromatic heterocycles. The van der Waals surface area contributed by atoms with Crippen molar-refractivity contribution in [1.29, 1.82) is 0 Å². The molecule has 0 unspecified atom stereocenters. The van der Waals surface area contributed by atoms with Crippen LogP contribution in [0.15, 0.2) is 18.2 Å². The van der Waals surface area contributed by atoms with Crippen molar-refractivity contribution < 1.29 is 19.6 Å². The van der Waals surface area contributed by atoms with Gasteiger partial charge in [-0.2, -0.15) is 0 Å². The van der Waals surface area contributed by atoms with Crippen LogP contribution in [-0.4, -0.2) is 35.0 Å². The summed E-state index contributed by atoms with van der Waals surface area (Å²) < 4.78 is 0. The van der Waals surface area contributed by atoms with Crippen LogP contribution >= 0.6 is 0 Å². The molecule has 0 aliphatic heterocycles. The fourth-order valence-electron chi connectivity index (χ4n) is 1.34. The zero-order valence-electron chi connectivity index (χ0n) is 10.2. The van der Waals surface area contributed by atoms with E-state index in [1.807, 2.05) is 0 Å². The lowest BCUT2D eigenvalue weighted by Gasteiger charge is -2.07. The van der Waals surface area contributed by atoms with E-state index in [1.165, 1.54) is 6.07 Å². The van der Waals surface area contributed by atoms with Crippen molar-refractivity contribution in [3.8, 4) is 0 Å². The maximum absolute atomic E-state index is 11.2. The number of aliphatic carboxylic acids is 1. The molecule has 1 aromatic rings.